The maximum absolute atomic E-state index is 12.4. The predicted octanol–water partition coefficient (Wildman–Crippen LogP) is 2.22. The summed E-state index contributed by atoms with van der Waals surface area (Å²) < 4.78 is 5.50. The van der Waals surface area contributed by atoms with Gasteiger partial charge in [0.25, 0.3) is 17.5 Å². The lowest BCUT2D eigenvalue weighted by Crippen LogP contribution is -2.35. The van der Waals surface area contributed by atoms with E-state index in [1.807, 2.05) is 0 Å². The second-order valence-corrected chi connectivity index (χ2v) is 6.08. The van der Waals surface area contributed by atoms with Gasteiger partial charge in [0.05, 0.1) is 4.92 Å². The normalized spacial score (nSPS) is 11.1. The predicted molar refractivity (Wildman–Crippen MR) is 99.7 cm³/mol. The van der Waals surface area contributed by atoms with Crippen LogP contribution in [0.15, 0.2) is 51.2 Å². The van der Waals surface area contributed by atoms with Crippen LogP contribution >= 0.6 is 15.9 Å². The zero-order chi connectivity index (χ0) is 19.8. The molecule has 2 rings (SSSR count). The van der Waals surface area contributed by atoms with Crippen molar-refractivity contribution in [3.63, 3.8) is 0 Å². The van der Waals surface area contributed by atoms with Gasteiger partial charge in [-0.3, -0.25) is 19.7 Å². The van der Waals surface area contributed by atoms with Crippen LogP contribution in [-0.4, -0.2) is 35.0 Å². The number of carbonyl (C=O) groups is 2. The molecule has 0 aliphatic rings. The Morgan fingerprint density at radius 2 is 2.07 bits per heavy atom. The number of benzene rings is 1. The lowest BCUT2D eigenvalue weighted by molar-refractivity contribution is -0.384. The topological polar surface area (TPSA) is 135 Å². The molecule has 1 aromatic carbocycles. The second kappa shape index (κ2) is 9.64. The van der Waals surface area contributed by atoms with Crippen molar-refractivity contribution in [2.45, 2.75) is 6.42 Å². The molecular weight excluding hydrogens is 422 g/mol. The van der Waals surface area contributed by atoms with Crippen molar-refractivity contribution >= 4 is 39.5 Å². The van der Waals surface area contributed by atoms with Crippen molar-refractivity contribution in [1.29, 1.82) is 0 Å². The summed E-state index contributed by atoms with van der Waals surface area (Å²) in [5, 5.41) is 24.7. The number of nitro benzene ring substituents is 1. The number of rotatable bonds is 8. The Bertz CT molecular complexity index is 877. The Morgan fingerprint density at radius 1 is 1.30 bits per heavy atom. The van der Waals surface area contributed by atoms with Gasteiger partial charge in [0.1, 0.15) is 5.70 Å². The average molecular weight is 438 g/mol. The van der Waals surface area contributed by atoms with Crippen LogP contribution in [0, 0.1) is 10.1 Å². The molecule has 0 fully saturated rings. The highest BCUT2D eigenvalue weighted by atomic mass is 79.9. The Balaban J connectivity index is 2.28. The average Bonchev–Trinajstić information content (AvgIpc) is 3.08. The maximum atomic E-state index is 12.4. The molecule has 0 bridgehead atoms. The summed E-state index contributed by atoms with van der Waals surface area (Å²) >= 11 is 3.08. The molecule has 0 unspecified atom stereocenters. The van der Waals surface area contributed by atoms with E-state index in [2.05, 4.69) is 26.6 Å². The first-order chi connectivity index (χ1) is 12.9. The highest BCUT2D eigenvalue weighted by Crippen LogP contribution is 2.17. The van der Waals surface area contributed by atoms with Gasteiger partial charge >= 0.3 is 0 Å². The Morgan fingerprint density at radius 3 is 2.70 bits per heavy atom. The molecule has 3 N–H and O–H groups in total. The molecule has 1 heterocycles. The van der Waals surface area contributed by atoms with E-state index < -0.39 is 16.7 Å². The molecule has 0 atom stereocenters. The van der Waals surface area contributed by atoms with E-state index in [0.29, 0.717) is 16.7 Å². The molecule has 142 valence electrons. The summed E-state index contributed by atoms with van der Waals surface area (Å²) in [5.41, 5.74) is 0.0912. The summed E-state index contributed by atoms with van der Waals surface area (Å²) in [4.78, 5) is 35.0. The second-order valence-electron chi connectivity index (χ2n) is 5.30. The number of amides is 2. The molecule has 0 aliphatic heterocycles. The van der Waals surface area contributed by atoms with Gasteiger partial charge < -0.3 is 20.2 Å². The monoisotopic (exact) mass is 437 g/mol. The van der Waals surface area contributed by atoms with Gasteiger partial charge in [-0.15, -0.1) is 0 Å². The molecule has 0 saturated heterocycles. The number of hydrogen-bond acceptors (Lipinski definition) is 6. The van der Waals surface area contributed by atoms with Crippen LogP contribution in [0.4, 0.5) is 5.69 Å². The van der Waals surface area contributed by atoms with E-state index in [-0.39, 0.29) is 30.3 Å². The van der Waals surface area contributed by atoms with E-state index in [4.69, 9.17) is 9.52 Å². The van der Waals surface area contributed by atoms with E-state index in [1.165, 1.54) is 36.4 Å². The summed E-state index contributed by atoms with van der Waals surface area (Å²) in [6.45, 7) is 0.0980. The number of carbonyl (C=O) groups excluding carboxylic acids is 2. The fourth-order valence-electron chi connectivity index (χ4n) is 2.05. The zero-order valence-electron chi connectivity index (χ0n) is 14.0. The first kappa shape index (κ1) is 20.3. The summed E-state index contributed by atoms with van der Waals surface area (Å²) in [6, 6.07) is 8.57. The summed E-state index contributed by atoms with van der Waals surface area (Å²) in [5.74, 6) is -1.28. The van der Waals surface area contributed by atoms with E-state index in [9.17, 15) is 19.7 Å². The fraction of sp³-hybridized carbons (Fsp3) is 0.176. The van der Waals surface area contributed by atoms with Crippen LogP contribution in [0.3, 0.4) is 0 Å². The third kappa shape index (κ3) is 6.04. The van der Waals surface area contributed by atoms with Crippen molar-refractivity contribution < 1.29 is 24.0 Å². The van der Waals surface area contributed by atoms with Gasteiger partial charge in [0.2, 0.25) is 0 Å². The van der Waals surface area contributed by atoms with Crippen molar-refractivity contribution in [2.75, 3.05) is 13.2 Å². The number of furan rings is 1. The fourth-order valence-corrected chi connectivity index (χ4v) is 2.36. The molecule has 27 heavy (non-hydrogen) atoms. The number of non-ortho nitro benzene ring substituents is 1. The molecule has 2 amide bonds. The van der Waals surface area contributed by atoms with Crippen molar-refractivity contribution in [3.8, 4) is 0 Å². The third-order valence-corrected chi connectivity index (χ3v) is 3.73. The smallest absolute Gasteiger partial charge is 0.291 e. The van der Waals surface area contributed by atoms with Gasteiger partial charge in [-0.05, 0) is 46.1 Å². The van der Waals surface area contributed by atoms with E-state index in [1.54, 1.807) is 6.07 Å². The Labute approximate surface area is 162 Å². The molecule has 9 nitrogen and oxygen atoms in total. The number of aliphatic hydroxyl groups excluding tert-OH is 1. The summed E-state index contributed by atoms with van der Waals surface area (Å²) in [6.07, 6.45) is 1.66. The van der Waals surface area contributed by atoms with Gasteiger partial charge in [-0.1, -0.05) is 12.1 Å². The Kier molecular flexibility index (Phi) is 7.26. The maximum Gasteiger partial charge on any atom is 0.291 e. The van der Waals surface area contributed by atoms with Crippen LogP contribution in [0.2, 0.25) is 0 Å². The molecule has 0 aliphatic carbocycles. The van der Waals surface area contributed by atoms with Crippen LogP contribution in [-0.2, 0) is 4.79 Å². The van der Waals surface area contributed by atoms with E-state index >= 15 is 0 Å². The first-order valence-electron chi connectivity index (χ1n) is 7.82. The number of nitrogens with one attached hydrogen (secondary N) is 2. The molecular formula is C17H16BrN3O6. The Hall–Kier alpha value is -2.98. The molecule has 1 aromatic heterocycles. The van der Waals surface area contributed by atoms with Crippen LogP contribution < -0.4 is 10.6 Å². The summed E-state index contributed by atoms with van der Waals surface area (Å²) in [7, 11) is 0. The van der Waals surface area contributed by atoms with Crippen LogP contribution in [0.25, 0.3) is 6.08 Å². The highest BCUT2D eigenvalue weighted by molar-refractivity contribution is 9.10. The zero-order valence-corrected chi connectivity index (χ0v) is 15.6. The minimum Gasteiger partial charge on any atom is -0.444 e. The number of halogens is 1. The number of hydrogen-bond donors (Lipinski definition) is 3. The number of aliphatic hydroxyl groups is 1. The quantitative estimate of drug-likeness (QED) is 0.250. The SMILES string of the molecule is O=C(NCCCO)/C(=C/c1cccc([N+](=O)[O-])c1)NC(=O)c1ccc(Br)o1. The van der Waals surface area contributed by atoms with Gasteiger partial charge in [-0.2, -0.15) is 0 Å². The molecule has 0 spiro atoms. The van der Waals surface area contributed by atoms with Crippen molar-refractivity contribution in [2.24, 2.45) is 0 Å². The lowest BCUT2D eigenvalue weighted by atomic mass is 10.1. The molecule has 0 radical (unpaired) electrons. The highest BCUT2D eigenvalue weighted by Gasteiger charge is 2.17. The lowest BCUT2D eigenvalue weighted by Gasteiger charge is -2.10. The van der Waals surface area contributed by atoms with Gasteiger partial charge in [0.15, 0.2) is 10.4 Å². The molecule has 0 saturated carbocycles. The largest absolute Gasteiger partial charge is 0.444 e. The van der Waals surface area contributed by atoms with Crippen LogP contribution in [0.1, 0.15) is 22.5 Å². The molecule has 10 heteroatoms. The third-order valence-electron chi connectivity index (χ3n) is 3.30. The van der Waals surface area contributed by atoms with Gasteiger partial charge in [0, 0.05) is 25.3 Å². The van der Waals surface area contributed by atoms with Crippen LogP contribution in [0.5, 0.6) is 0 Å². The van der Waals surface area contributed by atoms with Crippen molar-refractivity contribution in [1.82, 2.24) is 10.6 Å². The number of nitro groups is 1. The van der Waals surface area contributed by atoms with Crippen molar-refractivity contribution in [3.05, 3.63) is 68.2 Å². The standard InChI is InChI=1S/C17H16BrN3O6/c18-15-6-5-14(27-15)17(24)20-13(16(23)19-7-2-8-22)10-11-3-1-4-12(9-11)21(25)26/h1,3-6,9-10,22H,2,7-8H2,(H,19,23)(H,20,24)/b13-10-. The minimum absolute atomic E-state index is 0.0185. The van der Waals surface area contributed by atoms with E-state index in [0.717, 1.165) is 0 Å². The number of nitrogens with zero attached hydrogens (tertiary/aromatic N) is 1. The van der Waals surface area contributed by atoms with Gasteiger partial charge in [-0.25, -0.2) is 0 Å². The first-order valence-corrected chi connectivity index (χ1v) is 8.62. The minimum atomic E-state index is -0.658. The molecule has 2 aromatic rings.